The Balaban J connectivity index is 1.37. The molecule has 0 aliphatic heterocycles. The lowest BCUT2D eigenvalue weighted by Crippen LogP contribution is -2.14. The van der Waals surface area contributed by atoms with Crippen LogP contribution in [-0.2, 0) is 6.42 Å². The van der Waals surface area contributed by atoms with Crippen molar-refractivity contribution < 1.29 is 9.53 Å². The number of para-hydroxylation sites is 2. The number of fused-ring (bicyclic) bond motifs is 1. The second kappa shape index (κ2) is 9.00. The zero-order valence-corrected chi connectivity index (χ0v) is 16.5. The first-order chi connectivity index (χ1) is 14.7. The molecule has 2 aromatic heterocycles. The molecule has 0 unspecified atom stereocenters. The van der Waals surface area contributed by atoms with Gasteiger partial charge in [-0.3, -0.25) is 9.78 Å². The van der Waals surface area contributed by atoms with Gasteiger partial charge >= 0.3 is 0 Å². The maximum Gasteiger partial charge on any atom is 0.258 e. The van der Waals surface area contributed by atoms with E-state index in [1.807, 2.05) is 54.6 Å². The van der Waals surface area contributed by atoms with E-state index >= 15 is 0 Å². The van der Waals surface area contributed by atoms with Crippen LogP contribution in [0.25, 0.3) is 10.9 Å². The van der Waals surface area contributed by atoms with E-state index in [2.05, 4.69) is 25.6 Å². The van der Waals surface area contributed by atoms with Crippen LogP contribution in [0.1, 0.15) is 15.9 Å². The summed E-state index contributed by atoms with van der Waals surface area (Å²) in [6.07, 6.45) is 5.48. The number of anilines is 2. The largest absolute Gasteiger partial charge is 0.496 e. The molecule has 7 nitrogen and oxygen atoms in total. The molecule has 7 heteroatoms. The Morgan fingerprint density at radius 1 is 0.967 bits per heavy atom. The molecule has 0 bridgehead atoms. The van der Waals surface area contributed by atoms with Gasteiger partial charge in [-0.05, 0) is 30.2 Å². The SMILES string of the molecule is COc1ccccc1CCNc1ncc(C(=O)Nc2cccc3cccnc23)cn1. The van der Waals surface area contributed by atoms with Crippen molar-refractivity contribution in [3.63, 3.8) is 0 Å². The van der Waals surface area contributed by atoms with E-state index in [0.29, 0.717) is 23.7 Å². The van der Waals surface area contributed by atoms with Gasteiger partial charge in [0.05, 0.1) is 23.9 Å². The van der Waals surface area contributed by atoms with Gasteiger partial charge in [0.2, 0.25) is 5.95 Å². The highest BCUT2D eigenvalue weighted by Gasteiger charge is 2.10. The molecule has 0 spiro atoms. The Morgan fingerprint density at radius 3 is 2.60 bits per heavy atom. The van der Waals surface area contributed by atoms with Crippen LogP contribution < -0.4 is 15.4 Å². The van der Waals surface area contributed by atoms with Crippen LogP contribution in [0.5, 0.6) is 5.75 Å². The Kier molecular flexibility index (Phi) is 5.80. The second-order valence-electron chi connectivity index (χ2n) is 6.62. The standard InChI is InChI=1S/C23H21N5O2/c1-30-20-10-3-2-6-16(20)11-13-25-23-26-14-18(15-27-23)22(29)28-19-9-4-7-17-8-5-12-24-21(17)19/h2-10,12,14-15H,11,13H2,1H3,(H,28,29)(H,25,26,27). The molecule has 150 valence electrons. The lowest BCUT2D eigenvalue weighted by atomic mass is 10.1. The number of aromatic nitrogens is 3. The summed E-state index contributed by atoms with van der Waals surface area (Å²) < 4.78 is 5.36. The zero-order valence-electron chi connectivity index (χ0n) is 16.5. The summed E-state index contributed by atoms with van der Waals surface area (Å²) >= 11 is 0. The van der Waals surface area contributed by atoms with E-state index in [9.17, 15) is 4.79 Å². The van der Waals surface area contributed by atoms with Crippen LogP contribution in [0, 0.1) is 0 Å². The first-order valence-corrected chi connectivity index (χ1v) is 9.57. The maximum absolute atomic E-state index is 12.6. The highest BCUT2D eigenvalue weighted by atomic mass is 16.5. The summed E-state index contributed by atoms with van der Waals surface area (Å²) in [6, 6.07) is 17.3. The average Bonchev–Trinajstić information content (AvgIpc) is 2.80. The number of nitrogens with one attached hydrogen (secondary N) is 2. The number of benzene rings is 2. The molecule has 2 heterocycles. The summed E-state index contributed by atoms with van der Waals surface area (Å²) in [7, 11) is 1.66. The first kappa shape index (κ1) is 19.3. The molecule has 0 radical (unpaired) electrons. The fourth-order valence-corrected chi connectivity index (χ4v) is 3.15. The second-order valence-corrected chi connectivity index (χ2v) is 6.62. The third kappa shape index (κ3) is 4.35. The van der Waals surface area contributed by atoms with Crippen molar-refractivity contribution in [2.45, 2.75) is 6.42 Å². The van der Waals surface area contributed by atoms with Crippen LogP contribution in [0.2, 0.25) is 0 Å². The van der Waals surface area contributed by atoms with Crippen molar-refractivity contribution in [2.75, 3.05) is 24.3 Å². The zero-order chi connectivity index (χ0) is 20.8. The van der Waals surface area contributed by atoms with Crippen LogP contribution in [0.4, 0.5) is 11.6 Å². The molecule has 0 saturated carbocycles. The van der Waals surface area contributed by atoms with Gasteiger partial charge in [-0.15, -0.1) is 0 Å². The molecule has 4 rings (SSSR count). The number of rotatable bonds is 7. The summed E-state index contributed by atoms with van der Waals surface area (Å²) in [6.45, 7) is 0.646. The minimum Gasteiger partial charge on any atom is -0.496 e. The third-order valence-corrected chi connectivity index (χ3v) is 4.66. The van der Waals surface area contributed by atoms with E-state index in [-0.39, 0.29) is 5.91 Å². The van der Waals surface area contributed by atoms with Gasteiger partial charge in [0.25, 0.3) is 5.91 Å². The van der Waals surface area contributed by atoms with Gasteiger partial charge in [-0.25, -0.2) is 9.97 Å². The maximum atomic E-state index is 12.6. The quantitative estimate of drug-likeness (QED) is 0.489. The molecule has 0 aliphatic carbocycles. The average molecular weight is 399 g/mol. The number of methoxy groups -OCH3 is 1. The highest BCUT2D eigenvalue weighted by Crippen LogP contribution is 2.21. The van der Waals surface area contributed by atoms with E-state index in [4.69, 9.17) is 4.74 Å². The predicted octanol–water partition coefficient (Wildman–Crippen LogP) is 3.94. The van der Waals surface area contributed by atoms with Crippen molar-refractivity contribution in [1.29, 1.82) is 0 Å². The monoisotopic (exact) mass is 399 g/mol. The van der Waals surface area contributed by atoms with Crippen LogP contribution >= 0.6 is 0 Å². The number of nitrogens with zero attached hydrogens (tertiary/aromatic N) is 3. The van der Waals surface area contributed by atoms with Gasteiger partial charge in [-0.2, -0.15) is 0 Å². The van der Waals surface area contributed by atoms with Gasteiger partial charge < -0.3 is 15.4 Å². The number of pyridine rings is 1. The van der Waals surface area contributed by atoms with Crippen LogP contribution in [0.3, 0.4) is 0 Å². The molecule has 4 aromatic rings. The molecule has 2 N–H and O–H groups in total. The van der Waals surface area contributed by atoms with Gasteiger partial charge in [0, 0.05) is 30.5 Å². The smallest absolute Gasteiger partial charge is 0.258 e. The topological polar surface area (TPSA) is 89.0 Å². The summed E-state index contributed by atoms with van der Waals surface area (Å²) in [5.74, 6) is 1.04. The van der Waals surface area contributed by atoms with Crippen molar-refractivity contribution in [3.05, 3.63) is 84.3 Å². The van der Waals surface area contributed by atoms with Crippen molar-refractivity contribution in [3.8, 4) is 5.75 Å². The fourth-order valence-electron chi connectivity index (χ4n) is 3.15. The lowest BCUT2D eigenvalue weighted by Gasteiger charge is -2.10. The van der Waals surface area contributed by atoms with Crippen molar-refractivity contribution >= 4 is 28.4 Å². The molecule has 0 fully saturated rings. The normalized spacial score (nSPS) is 10.6. The van der Waals surface area contributed by atoms with E-state index < -0.39 is 0 Å². The molecule has 2 aromatic carbocycles. The molecule has 0 aliphatic rings. The predicted molar refractivity (Wildman–Crippen MR) is 117 cm³/mol. The Bertz CT molecular complexity index is 1160. The Hall–Kier alpha value is -4.00. The minimum atomic E-state index is -0.284. The van der Waals surface area contributed by atoms with Gasteiger partial charge in [0.15, 0.2) is 0 Å². The molecular formula is C23H21N5O2. The molecule has 0 saturated heterocycles. The Morgan fingerprint density at radius 2 is 1.77 bits per heavy atom. The fraction of sp³-hybridized carbons (Fsp3) is 0.130. The van der Waals surface area contributed by atoms with E-state index in [0.717, 1.165) is 28.6 Å². The Labute approximate surface area is 174 Å². The van der Waals surface area contributed by atoms with Crippen molar-refractivity contribution in [2.24, 2.45) is 0 Å². The lowest BCUT2D eigenvalue weighted by molar-refractivity contribution is 0.102. The third-order valence-electron chi connectivity index (χ3n) is 4.66. The number of ether oxygens (including phenoxy) is 1. The summed E-state index contributed by atoms with van der Waals surface area (Å²) in [5.41, 5.74) is 2.87. The van der Waals surface area contributed by atoms with Crippen LogP contribution in [-0.4, -0.2) is 34.5 Å². The van der Waals surface area contributed by atoms with E-state index in [1.54, 1.807) is 13.3 Å². The molecule has 0 atom stereocenters. The van der Waals surface area contributed by atoms with Crippen molar-refractivity contribution in [1.82, 2.24) is 15.0 Å². The molecule has 30 heavy (non-hydrogen) atoms. The first-order valence-electron chi connectivity index (χ1n) is 9.57. The van der Waals surface area contributed by atoms with Gasteiger partial charge in [0.1, 0.15) is 5.75 Å². The van der Waals surface area contributed by atoms with Crippen LogP contribution in [0.15, 0.2) is 73.2 Å². The molecular weight excluding hydrogens is 378 g/mol. The number of hydrogen-bond donors (Lipinski definition) is 2. The molecule has 1 amide bonds. The number of carbonyl (C=O) groups excluding carboxylic acids is 1. The summed E-state index contributed by atoms with van der Waals surface area (Å²) in [5, 5.41) is 7.01. The summed E-state index contributed by atoms with van der Waals surface area (Å²) in [4.78, 5) is 25.4. The number of carbonyl (C=O) groups is 1. The highest BCUT2D eigenvalue weighted by molar-refractivity contribution is 6.08. The van der Waals surface area contributed by atoms with E-state index in [1.165, 1.54) is 12.4 Å². The number of hydrogen-bond acceptors (Lipinski definition) is 6. The number of amides is 1. The van der Waals surface area contributed by atoms with Gasteiger partial charge in [-0.1, -0.05) is 36.4 Å². The minimum absolute atomic E-state index is 0.284.